The van der Waals surface area contributed by atoms with E-state index in [1.54, 1.807) is 0 Å². The van der Waals surface area contributed by atoms with Crippen molar-refractivity contribution in [1.82, 2.24) is 39.3 Å². The number of aliphatic hydroxyl groups excluding tert-OH is 1. The van der Waals surface area contributed by atoms with Crippen molar-refractivity contribution in [2.45, 2.75) is 49.1 Å². The highest BCUT2D eigenvalue weighted by atomic mass is 32.7. The van der Waals surface area contributed by atoms with Crippen LogP contribution >= 0.6 is 25.8 Å². The zero-order valence-electron chi connectivity index (χ0n) is 22.9. The third-order valence-corrected chi connectivity index (χ3v) is 10.7. The summed E-state index contributed by atoms with van der Waals surface area (Å²) in [6, 6.07) is 0. The molecule has 0 amide bonds. The molecule has 7 heterocycles. The van der Waals surface area contributed by atoms with Gasteiger partial charge in [-0.05, 0) is 11.8 Å². The number of rotatable bonds is 3. The molecule has 3 aliphatic rings. The molecule has 242 valence electrons. The molecule has 4 aromatic heterocycles. The monoisotopic (exact) mass is 705 g/mol. The van der Waals surface area contributed by atoms with Crippen LogP contribution in [0.3, 0.4) is 0 Å². The normalized spacial score (nSPS) is 37.7. The number of aromatic amines is 1. The van der Waals surface area contributed by atoms with Crippen molar-refractivity contribution in [2.24, 2.45) is 0 Å². The SMILES string of the molecule is CO[C@@H]1[C@@H]2OP(=O)(S)OC[C@H]3O[C@@H](n4cnc5c(=O)[nH]ncc54)[C@H](OP(O)(=S)OC[C@H]2O[C@H]1n1cnc2c(N)ncnc21)[C@@H]3O. The fourth-order valence-corrected chi connectivity index (χ4v) is 8.38. The molecule has 2 unspecified atom stereocenters. The number of H-pyrrole nitrogens is 1. The number of aliphatic hydroxyl groups is 1. The highest BCUT2D eigenvalue weighted by Gasteiger charge is 2.53. The summed E-state index contributed by atoms with van der Waals surface area (Å²) < 4.78 is 57.3. The molecule has 3 saturated heterocycles. The van der Waals surface area contributed by atoms with Gasteiger partial charge in [0.1, 0.15) is 48.5 Å². The summed E-state index contributed by atoms with van der Waals surface area (Å²) in [6.07, 6.45) is -4.16. The van der Waals surface area contributed by atoms with Gasteiger partial charge in [-0.15, -0.1) is 0 Å². The molecule has 5 N–H and O–H groups in total. The van der Waals surface area contributed by atoms with E-state index in [9.17, 15) is 19.4 Å². The minimum atomic E-state index is -4.23. The van der Waals surface area contributed by atoms with Gasteiger partial charge in [0.05, 0.1) is 37.6 Å². The van der Waals surface area contributed by atoms with Crippen LogP contribution in [0.5, 0.6) is 0 Å². The van der Waals surface area contributed by atoms with Crippen molar-refractivity contribution in [3.05, 3.63) is 35.5 Å². The van der Waals surface area contributed by atoms with Crippen molar-refractivity contribution >= 4 is 65.6 Å². The molecule has 0 aromatic carbocycles. The number of fused-ring (bicyclic) bond motifs is 5. The maximum Gasteiger partial charge on any atom is 0.386 e. The summed E-state index contributed by atoms with van der Waals surface area (Å²) in [6.45, 7) is -9.34. The summed E-state index contributed by atoms with van der Waals surface area (Å²) >= 11 is 9.46. The fraction of sp³-hybridized carbons (Fsp3) is 0.524. The van der Waals surface area contributed by atoms with Gasteiger partial charge in [0.2, 0.25) is 0 Å². The second-order valence-corrected chi connectivity index (χ2v) is 15.8. The van der Waals surface area contributed by atoms with Gasteiger partial charge >= 0.3 is 13.5 Å². The van der Waals surface area contributed by atoms with E-state index in [1.165, 1.54) is 41.4 Å². The maximum atomic E-state index is 13.6. The Hall–Kier alpha value is -2.43. The van der Waals surface area contributed by atoms with E-state index in [0.717, 1.165) is 0 Å². The lowest BCUT2D eigenvalue weighted by atomic mass is 10.1. The number of hydrogen-bond acceptors (Lipinski definition) is 17. The third-order valence-electron chi connectivity index (χ3n) is 7.52. The second kappa shape index (κ2) is 11.7. The quantitative estimate of drug-likeness (QED) is 0.136. The topological polar surface area (TPSA) is 255 Å². The summed E-state index contributed by atoms with van der Waals surface area (Å²) in [4.78, 5) is 39.9. The summed E-state index contributed by atoms with van der Waals surface area (Å²) in [5.41, 5.74) is 6.29. The largest absolute Gasteiger partial charge is 0.387 e. The summed E-state index contributed by atoms with van der Waals surface area (Å²) in [7, 11) is 1.38. The van der Waals surface area contributed by atoms with Crippen LogP contribution in [0.4, 0.5) is 5.82 Å². The van der Waals surface area contributed by atoms with Crippen LogP contribution in [0, 0.1) is 0 Å². The first kappa shape index (κ1) is 31.2. The summed E-state index contributed by atoms with van der Waals surface area (Å²) in [5.74, 6) is 0.142. The van der Waals surface area contributed by atoms with Crippen LogP contribution in [0.25, 0.3) is 22.2 Å². The van der Waals surface area contributed by atoms with Gasteiger partial charge in [-0.1, -0.05) is 12.2 Å². The van der Waals surface area contributed by atoms with Crippen molar-refractivity contribution in [3.8, 4) is 0 Å². The molecular weight excluding hydrogens is 680 g/mol. The number of anilines is 1. The Morgan fingerprint density at radius 2 is 1.80 bits per heavy atom. The van der Waals surface area contributed by atoms with Gasteiger partial charge in [0, 0.05) is 7.11 Å². The molecule has 7 rings (SSSR count). The number of thiol groups is 1. The number of ether oxygens (including phenoxy) is 3. The Morgan fingerprint density at radius 1 is 1.07 bits per heavy atom. The molecule has 4 aromatic rings. The Morgan fingerprint density at radius 3 is 2.60 bits per heavy atom. The lowest BCUT2D eigenvalue weighted by Crippen LogP contribution is -2.37. The highest BCUT2D eigenvalue weighted by Crippen LogP contribution is 2.58. The molecule has 20 nitrogen and oxygen atoms in total. The molecule has 0 spiro atoms. The molecule has 2 bridgehead atoms. The van der Waals surface area contributed by atoms with Crippen molar-refractivity contribution in [3.63, 3.8) is 0 Å². The van der Waals surface area contributed by atoms with E-state index in [4.69, 9.17) is 49.8 Å². The van der Waals surface area contributed by atoms with Crippen molar-refractivity contribution in [2.75, 3.05) is 26.1 Å². The van der Waals surface area contributed by atoms with Crippen LogP contribution < -0.4 is 11.3 Å². The number of nitrogens with zero attached hydrogens (tertiary/aromatic N) is 7. The second-order valence-electron chi connectivity index (χ2n) is 10.2. The predicted octanol–water partition coefficient (Wildman–Crippen LogP) is -0.216. The van der Waals surface area contributed by atoms with Crippen molar-refractivity contribution in [1.29, 1.82) is 0 Å². The van der Waals surface area contributed by atoms with E-state index < -0.39 is 81.4 Å². The average molecular weight is 706 g/mol. The zero-order valence-corrected chi connectivity index (χ0v) is 26.4. The Labute approximate surface area is 262 Å². The van der Waals surface area contributed by atoms with Gasteiger partial charge in [0.15, 0.2) is 29.4 Å². The molecule has 3 aliphatic heterocycles. The Kier molecular flexibility index (Phi) is 8.09. The zero-order chi connectivity index (χ0) is 31.7. The smallest absolute Gasteiger partial charge is 0.386 e. The first-order chi connectivity index (χ1) is 21.5. The highest BCUT2D eigenvalue weighted by molar-refractivity contribution is 8.44. The van der Waals surface area contributed by atoms with Crippen LogP contribution in [-0.4, -0.2) is 106 Å². The van der Waals surface area contributed by atoms with Gasteiger partial charge in [-0.25, -0.2) is 29.6 Å². The molecule has 10 atom stereocenters. The van der Waals surface area contributed by atoms with Crippen molar-refractivity contribution < 1.29 is 46.9 Å². The van der Waals surface area contributed by atoms with E-state index >= 15 is 0 Å². The van der Waals surface area contributed by atoms with Crippen LogP contribution in [-0.2, 0) is 48.7 Å². The maximum absolute atomic E-state index is 13.6. The molecule has 0 aliphatic carbocycles. The average Bonchev–Trinajstić information content (AvgIpc) is 3.75. The standard InChI is InChI=1S/C21H25N9O11P2S2/c1-35-16-14-10(39-21(16)30-7-26-12-17(22)23-5-24-18(12)30)4-37-43(34,45)41-15-13(31)9(3-36-42(33,44)40-14)38-20(15)29-6-25-11-8(29)2-27-28-19(11)32/h2,5-7,9-10,13-16,20-21,31H,3-4H2,1H3,(H,28,32)(H,33,44)(H,34,45)(H2,22,23,24)/t9-,10-,13-,14-,15-,16-,20-,21-,42?,43?/m1/s1. The van der Waals surface area contributed by atoms with E-state index in [1.807, 2.05) is 0 Å². The Balaban J connectivity index is 1.22. The Bertz CT molecular complexity index is 1910. The molecule has 24 heteroatoms. The number of nitrogens with two attached hydrogens (primary N) is 1. The first-order valence-corrected chi connectivity index (χ1v) is 18.4. The summed E-state index contributed by atoms with van der Waals surface area (Å²) in [5, 5.41) is 17.2. The van der Waals surface area contributed by atoms with Crippen LogP contribution in [0.2, 0.25) is 0 Å². The molecule has 45 heavy (non-hydrogen) atoms. The number of hydrogen-bond donors (Lipinski definition) is 5. The van der Waals surface area contributed by atoms with Gasteiger partial charge in [-0.2, -0.15) is 5.10 Å². The van der Waals surface area contributed by atoms with Gasteiger partial charge in [-0.3, -0.25) is 27.5 Å². The number of imidazole rings is 2. The number of nitrogen functional groups attached to an aromatic ring is 1. The predicted molar refractivity (Wildman–Crippen MR) is 157 cm³/mol. The van der Waals surface area contributed by atoms with Gasteiger partial charge in [0.25, 0.3) is 5.56 Å². The fourth-order valence-electron chi connectivity index (χ4n) is 5.48. The molecule has 0 radical (unpaired) electrons. The van der Waals surface area contributed by atoms with E-state index in [-0.39, 0.29) is 16.9 Å². The van der Waals surface area contributed by atoms with E-state index in [2.05, 4.69) is 42.4 Å². The third kappa shape index (κ3) is 5.63. The number of nitrogens with one attached hydrogen (secondary N) is 1. The van der Waals surface area contributed by atoms with Crippen LogP contribution in [0.15, 0.2) is 30.0 Å². The molecule has 3 fully saturated rings. The van der Waals surface area contributed by atoms with E-state index in [0.29, 0.717) is 11.2 Å². The minimum Gasteiger partial charge on any atom is -0.387 e. The molecule has 0 saturated carbocycles. The first-order valence-electron chi connectivity index (χ1n) is 13.1. The molecular formula is C21H25N9O11P2S2. The van der Waals surface area contributed by atoms with Crippen LogP contribution in [0.1, 0.15) is 12.5 Å². The number of methoxy groups -OCH3 is 1. The lowest BCUT2D eigenvalue weighted by molar-refractivity contribution is -0.0614. The lowest BCUT2D eigenvalue weighted by Gasteiger charge is -2.28. The number of aromatic nitrogens is 8. The minimum absolute atomic E-state index is 0.0374. The van der Waals surface area contributed by atoms with Gasteiger partial charge < -0.3 is 34.5 Å².